The quantitative estimate of drug-likeness (QED) is 0.733. The van der Waals surface area contributed by atoms with Crippen LogP contribution in [0.3, 0.4) is 0 Å². The van der Waals surface area contributed by atoms with Crippen LogP contribution in [-0.2, 0) is 9.47 Å². The maximum Gasteiger partial charge on any atom is 0.176 e. The number of benzene rings is 1. The number of ketones is 1. The minimum Gasteiger partial charge on any atom is -0.497 e. The summed E-state index contributed by atoms with van der Waals surface area (Å²) in [6, 6.07) is 7.23. The Bertz CT molecular complexity index is 451. The summed E-state index contributed by atoms with van der Waals surface area (Å²) in [5.41, 5.74) is 0.666. The van der Waals surface area contributed by atoms with Crippen molar-refractivity contribution in [1.29, 1.82) is 0 Å². The summed E-state index contributed by atoms with van der Waals surface area (Å²) in [4.78, 5) is 14.3. The molecule has 0 amide bonds. The molecule has 0 bridgehead atoms. The number of Topliss-reactive ketones (excluding diaryl/α,β-unsaturated/α-hetero) is 1. The van der Waals surface area contributed by atoms with E-state index in [9.17, 15) is 4.79 Å². The van der Waals surface area contributed by atoms with Crippen molar-refractivity contribution in [3.63, 3.8) is 0 Å². The molecule has 1 aromatic carbocycles. The molecule has 2 rings (SSSR count). The van der Waals surface area contributed by atoms with Crippen LogP contribution in [0.1, 0.15) is 10.4 Å². The summed E-state index contributed by atoms with van der Waals surface area (Å²) < 4.78 is 15.9. The Hall–Kier alpha value is -1.43. The van der Waals surface area contributed by atoms with Crippen molar-refractivity contribution >= 4 is 5.78 Å². The Morgan fingerprint density at radius 3 is 2.40 bits per heavy atom. The molecule has 1 aliphatic heterocycles. The lowest BCUT2D eigenvalue weighted by Gasteiger charge is -2.14. The Labute approximate surface area is 119 Å². The molecule has 2 unspecified atom stereocenters. The first-order valence-corrected chi connectivity index (χ1v) is 6.63. The number of nitrogens with zero attached hydrogens (tertiary/aromatic N) is 1. The predicted molar refractivity (Wildman–Crippen MR) is 75.4 cm³/mol. The second-order valence-electron chi connectivity index (χ2n) is 4.90. The van der Waals surface area contributed by atoms with Crippen molar-refractivity contribution in [3.8, 4) is 5.75 Å². The summed E-state index contributed by atoms with van der Waals surface area (Å²) in [6.45, 7) is 1.79. The number of hydrogen-bond acceptors (Lipinski definition) is 5. The standard InChI is InChI=1S/C15H21NO4/c1-18-12-6-4-5-11(7-12)13(17)8-16-9-14(19-2)15(10-16)20-3/h4-7,14-15H,8-10H2,1-3H3. The number of rotatable bonds is 6. The van der Waals surface area contributed by atoms with Crippen LogP contribution in [0.25, 0.3) is 0 Å². The van der Waals surface area contributed by atoms with Gasteiger partial charge >= 0.3 is 0 Å². The van der Waals surface area contributed by atoms with E-state index in [1.165, 1.54) is 0 Å². The van der Waals surface area contributed by atoms with Crippen LogP contribution in [0.5, 0.6) is 5.75 Å². The van der Waals surface area contributed by atoms with E-state index in [1.807, 2.05) is 18.2 Å². The zero-order valence-corrected chi connectivity index (χ0v) is 12.2. The molecule has 1 saturated heterocycles. The molecule has 0 aromatic heterocycles. The lowest BCUT2D eigenvalue weighted by atomic mass is 10.1. The fraction of sp³-hybridized carbons (Fsp3) is 0.533. The number of likely N-dealkylation sites (tertiary alicyclic amines) is 1. The fourth-order valence-electron chi connectivity index (χ4n) is 2.49. The van der Waals surface area contributed by atoms with Gasteiger partial charge in [-0.3, -0.25) is 9.69 Å². The molecule has 20 heavy (non-hydrogen) atoms. The van der Waals surface area contributed by atoms with E-state index in [1.54, 1.807) is 27.4 Å². The van der Waals surface area contributed by atoms with Crippen molar-refractivity contribution in [2.75, 3.05) is 41.0 Å². The van der Waals surface area contributed by atoms with Gasteiger partial charge in [0.15, 0.2) is 5.78 Å². The molecule has 0 aliphatic carbocycles. The van der Waals surface area contributed by atoms with Crippen molar-refractivity contribution in [3.05, 3.63) is 29.8 Å². The zero-order chi connectivity index (χ0) is 14.5. The van der Waals surface area contributed by atoms with Crippen LogP contribution < -0.4 is 4.74 Å². The van der Waals surface area contributed by atoms with Crippen molar-refractivity contribution < 1.29 is 19.0 Å². The van der Waals surface area contributed by atoms with Crippen molar-refractivity contribution in [2.24, 2.45) is 0 Å². The molecule has 0 N–H and O–H groups in total. The van der Waals surface area contributed by atoms with Crippen LogP contribution in [-0.4, -0.2) is 63.9 Å². The van der Waals surface area contributed by atoms with Crippen LogP contribution in [0, 0.1) is 0 Å². The van der Waals surface area contributed by atoms with Crippen LogP contribution >= 0.6 is 0 Å². The van der Waals surface area contributed by atoms with E-state index >= 15 is 0 Å². The van der Waals surface area contributed by atoms with Crippen LogP contribution in [0.4, 0.5) is 0 Å². The summed E-state index contributed by atoms with van der Waals surface area (Å²) >= 11 is 0. The highest BCUT2D eigenvalue weighted by atomic mass is 16.5. The summed E-state index contributed by atoms with van der Waals surface area (Å²) in [7, 11) is 4.94. The molecular weight excluding hydrogens is 258 g/mol. The van der Waals surface area contributed by atoms with E-state index < -0.39 is 0 Å². The van der Waals surface area contributed by atoms with E-state index in [-0.39, 0.29) is 18.0 Å². The summed E-state index contributed by atoms with van der Waals surface area (Å²) in [6.07, 6.45) is 0.0521. The van der Waals surface area contributed by atoms with Gasteiger partial charge in [0.05, 0.1) is 25.9 Å². The average molecular weight is 279 g/mol. The molecule has 1 aromatic rings. The monoisotopic (exact) mass is 279 g/mol. The van der Waals surface area contributed by atoms with Gasteiger partial charge in [0, 0.05) is 32.9 Å². The van der Waals surface area contributed by atoms with Gasteiger partial charge in [0.1, 0.15) is 5.75 Å². The van der Waals surface area contributed by atoms with E-state index in [0.29, 0.717) is 30.9 Å². The minimum atomic E-state index is 0.0260. The van der Waals surface area contributed by atoms with Crippen LogP contribution in [0.15, 0.2) is 24.3 Å². The molecular formula is C15H21NO4. The molecule has 5 heteroatoms. The SMILES string of the molecule is COc1cccc(C(=O)CN2CC(OC)C(OC)C2)c1. The number of carbonyl (C=O) groups is 1. The molecule has 110 valence electrons. The Balaban J connectivity index is 1.98. The summed E-state index contributed by atoms with van der Waals surface area (Å²) in [5.74, 6) is 0.775. The van der Waals surface area contributed by atoms with Gasteiger partial charge < -0.3 is 14.2 Å². The van der Waals surface area contributed by atoms with E-state index in [2.05, 4.69) is 4.90 Å². The van der Waals surface area contributed by atoms with E-state index in [4.69, 9.17) is 14.2 Å². The van der Waals surface area contributed by atoms with Gasteiger partial charge in [-0.05, 0) is 12.1 Å². The molecule has 1 aliphatic rings. The topological polar surface area (TPSA) is 48.0 Å². The number of hydrogen-bond donors (Lipinski definition) is 0. The Morgan fingerprint density at radius 2 is 1.85 bits per heavy atom. The first kappa shape index (κ1) is 15.0. The second kappa shape index (κ2) is 6.83. The molecule has 0 spiro atoms. The Kier molecular flexibility index (Phi) is 5.11. The predicted octanol–water partition coefficient (Wildman–Crippen LogP) is 1.22. The first-order chi connectivity index (χ1) is 9.67. The highest BCUT2D eigenvalue weighted by Crippen LogP contribution is 2.18. The maximum absolute atomic E-state index is 12.3. The highest BCUT2D eigenvalue weighted by molar-refractivity contribution is 5.98. The van der Waals surface area contributed by atoms with Crippen molar-refractivity contribution in [1.82, 2.24) is 4.90 Å². The second-order valence-corrected chi connectivity index (χ2v) is 4.90. The number of methoxy groups -OCH3 is 3. The van der Waals surface area contributed by atoms with Crippen molar-refractivity contribution in [2.45, 2.75) is 12.2 Å². The maximum atomic E-state index is 12.3. The minimum absolute atomic E-state index is 0.0260. The van der Waals surface area contributed by atoms with Gasteiger partial charge in [-0.1, -0.05) is 12.1 Å². The van der Waals surface area contributed by atoms with Gasteiger partial charge in [0.2, 0.25) is 0 Å². The fourth-order valence-corrected chi connectivity index (χ4v) is 2.49. The lowest BCUT2D eigenvalue weighted by Crippen LogP contribution is -2.29. The normalized spacial score (nSPS) is 22.9. The summed E-state index contributed by atoms with van der Waals surface area (Å²) in [5, 5.41) is 0. The molecule has 1 fully saturated rings. The van der Waals surface area contributed by atoms with Gasteiger partial charge in [0.25, 0.3) is 0 Å². The third-order valence-electron chi connectivity index (χ3n) is 3.66. The number of carbonyl (C=O) groups excluding carboxylic acids is 1. The lowest BCUT2D eigenvalue weighted by molar-refractivity contribution is -0.00461. The molecule has 1 heterocycles. The smallest absolute Gasteiger partial charge is 0.176 e. The largest absolute Gasteiger partial charge is 0.497 e. The third kappa shape index (κ3) is 3.36. The van der Waals surface area contributed by atoms with Gasteiger partial charge in [-0.25, -0.2) is 0 Å². The molecule has 0 saturated carbocycles. The van der Waals surface area contributed by atoms with Gasteiger partial charge in [-0.15, -0.1) is 0 Å². The third-order valence-corrected chi connectivity index (χ3v) is 3.66. The molecule has 2 atom stereocenters. The van der Waals surface area contributed by atoms with Crippen LogP contribution in [0.2, 0.25) is 0 Å². The molecule has 0 radical (unpaired) electrons. The number of ether oxygens (including phenoxy) is 3. The highest BCUT2D eigenvalue weighted by Gasteiger charge is 2.33. The van der Waals surface area contributed by atoms with E-state index in [0.717, 1.165) is 0 Å². The average Bonchev–Trinajstić information content (AvgIpc) is 2.89. The molecule has 5 nitrogen and oxygen atoms in total. The van der Waals surface area contributed by atoms with Gasteiger partial charge in [-0.2, -0.15) is 0 Å². The Morgan fingerprint density at radius 1 is 1.20 bits per heavy atom. The first-order valence-electron chi connectivity index (χ1n) is 6.63. The zero-order valence-electron chi connectivity index (χ0n) is 12.2.